The fraction of sp³-hybridized carbons (Fsp3) is 0.417. The highest BCUT2D eigenvalue weighted by Gasteiger charge is 2.31. The van der Waals surface area contributed by atoms with E-state index in [-0.39, 0.29) is 18.7 Å². The average molecular weight is 275 g/mol. The van der Waals surface area contributed by atoms with E-state index < -0.39 is 17.6 Å². The van der Waals surface area contributed by atoms with Gasteiger partial charge in [-0.3, -0.25) is 5.41 Å². The zero-order valence-corrected chi connectivity index (χ0v) is 10.5. The van der Waals surface area contributed by atoms with Crippen LogP contribution >= 0.6 is 0 Å². The summed E-state index contributed by atoms with van der Waals surface area (Å²) in [5.41, 5.74) is 4.93. The zero-order chi connectivity index (χ0) is 14.6. The lowest BCUT2D eigenvalue weighted by atomic mass is 10.1. The molecule has 0 fully saturated rings. The van der Waals surface area contributed by atoms with Gasteiger partial charge in [-0.2, -0.15) is 13.2 Å². The highest BCUT2D eigenvalue weighted by molar-refractivity contribution is 6.00. The first kappa shape index (κ1) is 15.3. The van der Waals surface area contributed by atoms with Gasteiger partial charge in [0.05, 0.1) is 12.2 Å². The Bertz CT molecular complexity index is 460. The lowest BCUT2D eigenvalue weighted by molar-refractivity contribution is -0.137. The van der Waals surface area contributed by atoms with Gasteiger partial charge in [0, 0.05) is 24.3 Å². The van der Waals surface area contributed by atoms with E-state index >= 15 is 0 Å². The number of alkyl halides is 3. The third kappa shape index (κ3) is 3.60. The second kappa shape index (κ2) is 5.92. The minimum Gasteiger partial charge on any atom is -0.395 e. The third-order valence-corrected chi connectivity index (χ3v) is 2.71. The summed E-state index contributed by atoms with van der Waals surface area (Å²) in [4.78, 5) is 1.66. The van der Waals surface area contributed by atoms with Crippen molar-refractivity contribution in [3.05, 3.63) is 29.3 Å². The van der Waals surface area contributed by atoms with Crippen molar-refractivity contribution in [2.45, 2.75) is 13.1 Å². The van der Waals surface area contributed by atoms with Crippen LogP contribution in [0.2, 0.25) is 0 Å². The van der Waals surface area contributed by atoms with Gasteiger partial charge in [-0.25, -0.2) is 0 Å². The summed E-state index contributed by atoms with van der Waals surface area (Å²) < 4.78 is 37.9. The van der Waals surface area contributed by atoms with E-state index in [4.69, 9.17) is 16.2 Å². The average Bonchev–Trinajstić information content (AvgIpc) is 2.34. The van der Waals surface area contributed by atoms with Gasteiger partial charge in [0.25, 0.3) is 0 Å². The largest absolute Gasteiger partial charge is 0.416 e. The molecule has 0 aliphatic carbocycles. The van der Waals surface area contributed by atoms with Crippen molar-refractivity contribution in [2.24, 2.45) is 5.73 Å². The van der Waals surface area contributed by atoms with E-state index in [0.717, 1.165) is 12.1 Å². The Hall–Kier alpha value is -1.76. The molecule has 0 aliphatic rings. The van der Waals surface area contributed by atoms with E-state index in [1.165, 1.54) is 6.07 Å². The van der Waals surface area contributed by atoms with E-state index in [1.54, 1.807) is 11.8 Å². The highest BCUT2D eigenvalue weighted by atomic mass is 19.4. The maximum Gasteiger partial charge on any atom is 0.416 e. The maximum atomic E-state index is 12.6. The molecular weight excluding hydrogens is 259 g/mol. The Morgan fingerprint density at radius 3 is 2.47 bits per heavy atom. The van der Waals surface area contributed by atoms with Crippen LogP contribution in [0.25, 0.3) is 0 Å². The van der Waals surface area contributed by atoms with E-state index in [9.17, 15) is 13.2 Å². The number of amidine groups is 1. The number of anilines is 1. The number of nitrogen functional groups attached to an aromatic ring is 1. The van der Waals surface area contributed by atoms with Gasteiger partial charge in [0.15, 0.2) is 0 Å². The quantitative estimate of drug-likeness (QED) is 0.567. The molecule has 0 heterocycles. The molecule has 0 unspecified atom stereocenters. The Labute approximate surface area is 109 Å². The molecule has 4 N–H and O–H groups in total. The van der Waals surface area contributed by atoms with Gasteiger partial charge >= 0.3 is 6.18 Å². The molecule has 4 nitrogen and oxygen atoms in total. The summed E-state index contributed by atoms with van der Waals surface area (Å²) in [7, 11) is 0. The van der Waals surface area contributed by atoms with Crippen LogP contribution in [-0.4, -0.2) is 30.6 Å². The molecule has 0 aromatic heterocycles. The number of benzene rings is 1. The number of rotatable bonds is 5. The van der Waals surface area contributed by atoms with E-state index in [0.29, 0.717) is 12.2 Å². The lowest BCUT2D eigenvalue weighted by Crippen LogP contribution is -2.29. The van der Waals surface area contributed by atoms with Crippen molar-refractivity contribution < 1.29 is 18.3 Å². The molecule has 0 saturated carbocycles. The Morgan fingerprint density at radius 2 is 2.05 bits per heavy atom. The molecule has 0 aliphatic heterocycles. The first-order valence-corrected chi connectivity index (χ1v) is 5.72. The molecule has 0 bridgehead atoms. The molecular formula is C12H16F3N3O. The number of halogens is 3. The first-order valence-electron chi connectivity index (χ1n) is 5.72. The summed E-state index contributed by atoms with van der Waals surface area (Å²) in [5.74, 6) is -0.433. The van der Waals surface area contributed by atoms with Crippen molar-refractivity contribution >= 4 is 11.5 Å². The molecule has 0 atom stereocenters. The SMILES string of the molecule is CCN(CCO)c1ccc(C(F)(F)F)cc1C(=N)N. The number of aliphatic hydroxyl groups is 1. The predicted octanol–water partition coefficient (Wildman–Crippen LogP) is 1.81. The van der Waals surface area contributed by atoms with Crippen LogP contribution in [0.3, 0.4) is 0 Å². The minimum atomic E-state index is -4.48. The fourth-order valence-electron chi connectivity index (χ4n) is 1.77. The highest BCUT2D eigenvalue weighted by Crippen LogP contribution is 2.32. The third-order valence-electron chi connectivity index (χ3n) is 2.71. The van der Waals surface area contributed by atoms with Crippen LogP contribution < -0.4 is 10.6 Å². The molecule has 19 heavy (non-hydrogen) atoms. The summed E-state index contributed by atoms with van der Waals surface area (Å²) in [5, 5.41) is 16.3. The molecule has 0 spiro atoms. The summed E-state index contributed by atoms with van der Waals surface area (Å²) in [6.07, 6.45) is -4.48. The normalized spacial score (nSPS) is 11.4. The van der Waals surface area contributed by atoms with Crippen LogP contribution in [-0.2, 0) is 6.18 Å². The molecule has 1 aromatic carbocycles. The van der Waals surface area contributed by atoms with Crippen molar-refractivity contribution in [3.8, 4) is 0 Å². The molecule has 1 rings (SSSR count). The van der Waals surface area contributed by atoms with Gasteiger partial charge in [-0.15, -0.1) is 0 Å². The Morgan fingerprint density at radius 1 is 1.42 bits per heavy atom. The molecule has 1 aromatic rings. The van der Waals surface area contributed by atoms with Crippen LogP contribution in [0.5, 0.6) is 0 Å². The van der Waals surface area contributed by atoms with Gasteiger partial charge < -0.3 is 15.7 Å². The minimum absolute atomic E-state index is 0.0186. The lowest BCUT2D eigenvalue weighted by Gasteiger charge is -2.25. The first-order chi connectivity index (χ1) is 8.81. The van der Waals surface area contributed by atoms with Crippen LogP contribution in [0, 0.1) is 5.41 Å². The second-order valence-corrected chi connectivity index (χ2v) is 3.95. The molecule has 106 valence electrons. The molecule has 7 heteroatoms. The molecule has 0 amide bonds. The predicted molar refractivity (Wildman–Crippen MR) is 67.4 cm³/mol. The summed E-state index contributed by atoms with van der Waals surface area (Å²) in [6, 6.07) is 3.08. The van der Waals surface area contributed by atoms with E-state index in [1.807, 2.05) is 0 Å². The number of hydrogen-bond acceptors (Lipinski definition) is 3. The van der Waals surface area contributed by atoms with Crippen molar-refractivity contribution in [1.29, 1.82) is 5.41 Å². The fourth-order valence-corrected chi connectivity index (χ4v) is 1.77. The Kier molecular flexibility index (Phi) is 4.77. The topological polar surface area (TPSA) is 73.3 Å². The molecule has 0 radical (unpaired) electrons. The number of nitrogens with two attached hydrogens (primary N) is 1. The molecule has 0 saturated heterocycles. The van der Waals surface area contributed by atoms with Gasteiger partial charge in [-0.1, -0.05) is 0 Å². The number of nitrogens with one attached hydrogen (secondary N) is 1. The van der Waals surface area contributed by atoms with E-state index in [2.05, 4.69) is 0 Å². The van der Waals surface area contributed by atoms with Crippen molar-refractivity contribution in [2.75, 3.05) is 24.6 Å². The maximum absolute atomic E-state index is 12.6. The number of nitrogens with zero attached hydrogens (tertiary/aromatic N) is 1. The van der Waals surface area contributed by atoms with Gasteiger partial charge in [-0.05, 0) is 25.1 Å². The standard InChI is InChI=1S/C12H16F3N3O/c1-2-18(5-6-19)10-4-3-8(12(13,14)15)7-9(10)11(16)17/h3-4,7,19H,2,5-6H2,1H3,(H3,16,17). The smallest absolute Gasteiger partial charge is 0.395 e. The number of aliphatic hydroxyl groups excluding tert-OH is 1. The van der Waals surface area contributed by atoms with Gasteiger partial charge in [0.1, 0.15) is 5.84 Å². The second-order valence-electron chi connectivity index (χ2n) is 3.95. The van der Waals surface area contributed by atoms with Crippen molar-refractivity contribution in [1.82, 2.24) is 0 Å². The Balaban J connectivity index is 3.29. The van der Waals surface area contributed by atoms with Crippen LogP contribution in [0.1, 0.15) is 18.1 Å². The monoisotopic (exact) mass is 275 g/mol. The number of likely N-dealkylation sites (N-methyl/N-ethyl adjacent to an activating group) is 1. The zero-order valence-electron chi connectivity index (χ0n) is 10.5. The van der Waals surface area contributed by atoms with Crippen LogP contribution in [0.4, 0.5) is 18.9 Å². The summed E-state index contributed by atoms with van der Waals surface area (Å²) >= 11 is 0. The van der Waals surface area contributed by atoms with Gasteiger partial charge in [0.2, 0.25) is 0 Å². The summed E-state index contributed by atoms with van der Waals surface area (Å²) in [6.45, 7) is 2.43. The van der Waals surface area contributed by atoms with Crippen LogP contribution in [0.15, 0.2) is 18.2 Å². The van der Waals surface area contributed by atoms with Crippen molar-refractivity contribution in [3.63, 3.8) is 0 Å². The number of hydrogen-bond donors (Lipinski definition) is 3.